The smallest absolute Gasteiger partial charge is 0.0715 e. The lowest BCUT2D eigenvalue weighted by atomic mass is 9.70. The Morgan fingerprint density at radius 3 is 2.50 bits per heavy atom. The molecule has 3 unspecified atom stereocenters. The van der Waals surface area contributed by atoms with Crippen molar-refractivity contribution in [2.45, 2.75) is 58.5 Å². The fraction of sp³-hybridized carbons (Fsp3) is 1.00. The quantitative estimate of drug-likeness (QED) is 0.730. The number of nitrogens with two attached hydrogens (primary N) is 1. The van der Waals surface area contributed by atoms with Gasteiger partial charge in [-0.15, -0.1) is 0 Å². The highest BCUT2D eigenvalue weighted by molar-refractivity contribution is 5.01. The van der Waals surface area contributed by atoms with Crippen LogP contribution in [0.2, 0.25) is 0 Å². The normalized spacial score (nSPS) is 37.1. The zero-order chi connectivity index (χ0) is 10.8. The highest BCUT2D eigenvalue weighted by Gasteiger charge is 2.48. The van der Waals surface area contributed by atoms with Crippen LogP contribution in [0.3, 0.4) is 0 Å². The van der Waals surface area contributed by atoms with Gasteiger partial charge < -0.3 is 10.8 Å². The highest BCUT2D eigenvalue weighted by atomic mass is 16.3. The third-order valence-corrected chi connectivity index (χ3v) is 4.52. The summed E-state index contributed by atoms with van der Waals surface area (Å²) in [5, 5.41) is 10.6. The molecule has 1 fully saturated rings. The Morgan fingerprint density at radius 1 is 1.50 bits per heavy atom. The Morgan fingerprint density at radius 2 is 2.14 bits per heavy atom. The monoisotopic (exact) mass is 199 g/mol. The standard InChI is InChI=1S/C12H25NO/c1-4-10-6-7-12(14,8-10)11(3,5-2)9-13/h10,14H,4-9,13H2,1-3H3. The van der Waals surface area contributed by atoms with Crippen LogP contribution in [0.1, 0.15) is 52.9 Å². The van der Waals surface area contributed by atoms with E-state index in [2.05, 4.69) is 20.8 Å². The lowest BCUT2D eigenvalue weighted by Gasteiger charge is -2.42. The molecule has 0 aromatic rings. The molecule has 3 N–H and O–H groups in total. The van der Waals surface area contributed by atoms with Crippen LogP contribution in [0.25, 0.3) is 0 Å². The van der Waals surface area contributed by atoms with Gasteiger partial charge in [0, 0.05) is 12.0 Å². The van der Waals surface area contributed by atoms with Crippen molar-refractivity contribution in [3.8, 4) is 0 Å². The van der Waals surface area contributed by atoms with Gasteiger partial charge >= 0.3 is 0 Å². The average Bonchev–Trinajstić information content (AvgIpc) is 2.60. The van der Waals surface area contributed by atoms with Gasteiger partial charge in [0.2, 0.25) is 0 Å². The number of aliphatic hydroxyl groups is 1. The Bertz CT molecular complexity index is 189. The van der Waals surface area contributed by atoms with Crippen LogP contribution >= 0.6 is 0 Å². The van der Waals surface area contributed by atoms with Crippen molar-refractivity contribution in [3.05, 3.63) is 0 Å². The maximum atomic E-state index is 10.6. The second-order valence-electron chi connectivity index (χ2n) is 5.17. The molecule has 3 atom stereocenters. The summed E-state index contributed by atoms with van der Waals surface area (Å²) < 4.78 is 0. The van der Waals surface area contributed by atoms with Gasteiger partial charge in [0.25, 0.3) is 0 Å². The van der Waals surface area contributed by atoms with E-state index in [1.807, 2.05) is 0 Å². The molecule has 2 heteroatoms. The van der Waals surface area contributed by atoms with E-state index in [0.29, 0.717) is 12.5 Å². The van der Waals surface area contributed by atoms with Crippen molar-refractivity contribution in [2.75, 3.05) is 6.54 Å². The van der Waals surface area contributed by atoms with Gasteiger partial charge in [0.1, 0.15) is 0 Å². The first kappa shape index (κ1) is 12.0. The maximum absolute atomic E-state index is 10.6. The summed E-state index contributed by atoms with van der Waals surface area (Å²) in [7, 11) is 0. The summed E-state index contributed by atoms with van der Waals surface area (Å²) >= 11 is 0. The molecule has 0 radical (unpaired) electrons. The van der Waals surface area contributed by atoms with Crippen molar-refractivity contribution in [3.63, 3.8) is 0 Å². The van der Waals surface area contributed by atoms with E-state index >= 15 is 0 Å². The molecule has 0 aromatic heterocycles. The molecule has 1 rings (SSSR count). The van der Waals surface area contributed by atoms with Gasteiger partial charge in [-0.25, -0.2) is 0 Å². The maximum Gasteiger partial charge on any atom is 0.0715 e. The van der Waals surface area contributed by atoms with Gasteiger partial charge in [-0.1, -0.05) is 27.2 Å². The van der Waals surface area contributed by atoms with E-state index in [4.69, 9.17) is 5.73 Å². The van der Waals surface area contributed by atoms with Crippen LogP contribution in [0.15, 0.2) is 0 Å². The van der Waals surface area contributed by atoms with Gasteiger partial charge in [0.15, 0.2) is 0 Å². The third-order valence-electron chi connectivity index (χ3n) is 4.52. The molecular weight excluding hydrogens is 174 g/mol. The lowest BCUT2D eigenvalue weighted by molar-refractivity contribution is -0.0710. The second kappa shape index (κ2) is 4.19. The molecule has 1 saturated carbocycles. The zero-order valence-electron chi connectivity index (χ0n) is 9.84. The first-order chi connectivity index (χ1) is 6.51. The second-order valence-corrected chi connectivity index (χ2v) is 5.17. The summed E-state index contributed by atoms with van der Waals surface area (Å²) in [6.07, 6.45) is 5.21. The summed E-state index contributed by atoms with van der Waals surface area (Å²) in [5.41, 5.74) is 5.22. The molecule has 84 valence electrons. The Kier molecular flexibility index (Phi) is 3.59. The van der Waals surface area contributed by atoms with Crippen molar-refractivity contribution < 1.29 is 5.11 Å². The highest BCUT2D eigenvalue weighted by Crippen LogP contribution is 2.48. The largest absolute Gasteiger partial charge is 0.389 e. The SMILES string of the molecule is CCC1CCC(O)(C(C)(CC)CN)C1. The van der Waals surface area contributed by atoms with Gasteiger partial charge in [-0.3, -0.25) is 0 Å². The van der Waals surface area contributed by atoms with Crippen LogP contribution in [0, 0.1) is 11.3 Å². The Labute approximate surface area is 87.9 Å². The molecule has 14 heavy (non-hydrogen) atoms. The van der Waals surface area contributed by atoms with Crippen molar-refractivity contribution in [1.29, 1.82) is 0 Å². The van der Waals surface area contributed by atoms with E-state index in [1.165, 1.54) is 12.8 Å². The predicted octanol–water partition coefficient (Wildman–Crippen LogP) is 2.30. The van der Waals surface area contributed by atoms with E-state index in [9.17, 15) is 5.11 Å². The molecule has 0 saturated heterocycles. The first-order valence-corrected chi connectivity index (χ1v) is 5.94. The summed E-state index contributed by atoms with van der Waals surface area (Å²) in [6.45, 7) is 7.06. The van der Waals surface area contributed by atoms with E-state index in [1.54, 1.807) is 0 Å². The predicted molar refractivity (Wildman–Crippen MR) is 60.0 cm³/mol. The van der Waals surface area contributed by atoms with Crippen LogP contribution in [-0.4, -0.2) is 17.3 Å². The minimum Gasteiger partial charge on any atom is -0.389 e. The molecule has 0 heterocycles. The molecule has 2 nitrogen and oxygen atoms in total. The van der Waals surface area contributed by atoms with Crippen molar-refractivity contribution >= 4 is 0 Å². The lowest BCUT2D eigenvalue weighted by Crippen LogP contribution is -2.48. The molecule has 1 aliphatic rings. The first-order valence-electron chi connectivity index (χ1n) is 5.94. The average molecular weight is 199 g/mol. The van der Waals surface area contributed by atoms with Crippen LogP contribution in [0.5, 0.6) is 0 Å². The van der Waals surface area contributed by atoms with E-state index in [-0.39, 0.29) is 5.41 Å². The molecule has 1 aliphatic carbocycles. The van der Waals surface area contributed by atoms with Crippen molar-refractivity contribution in [2.24, 2.45) is 17.1 Å². The number of hydrogen-bond donors (Lipinski definition) is 2. The topological polar surface area (TPSA) is 46.2 Å². The molecule has 0 aliphatic heterocycles. The van der Waals surface area contributed by atoms with E-state index < -0.39 is 5.60 Å². The number of hydrogen-bond acceptors (Lipinski definition) is 2. The minimum atomic E-state index is -0.503. The van der Waals surface area contributed by atoms with Crippen LogP contribution in [0.4, 0.5) is 0 Å². The summed E-state index contributed by atoms with van der Waals surface area (Å²) in [4.78, 5) is 0. The molecule has 0 aromatic carbocycles. The molecule has 0 spiro atoms. The number of rotatable bonds is 4. The molecule has 0 amide bonds. The van der Waals surface area contributed by atoms with Gasteiger partial charge in [0.05, 0.1) is 5.60 Å². The van der Waals surface area contributed by atoms with E-state index in [0.717, 1.165) is 19.3 Å². The fourth-order valence-electron chi connectivity index (χ4n) is 2.68. The summed E-state index contributed by atoms with van der Waals surface area (Å²) in [6, 6.07) is 0. The third kappa shape index (κ3) is 1.82. The Hall–Kier alpha value is -0.0800. The minimum absolute atomic E-state index is 0.0864. The Balaban J connectivity index is 2.75. The van der Waals surface area contributed by atoms with Gasteiger partial charge in [-0.05, 0) is 31.6 Å². The zero-order valence-corrected chi connectivity index (χ0v) is 9.84. The van der Waals surface area contributed by atoms with Crippen molar-refractivity contribution in [1.82, 2.24) is 0 Å². The van der Waals surface area contributed by atoms with Gasteiger partial charge in [-0.2, -0.15) is 0 Å². The molecule has 0 bridgehead atoms. The van der Waals surface area contributed by atoms with Crippen LogP contribution < -0.4 is 5.73 Å². The van der Waals surface area contributed by atoms with Crippen LogP contribution in [-0.2, 0) is 0 Å². The molecular formula is C12H25NO. The summed E-state index contributed by atoms with van der Waals surface area (Å²) in [5.74, 6) is 0.706. The fourth-order valence-corrected chi connectivity index (χ4v) is 2.68.